The van der Waals surface area contributed by atoms with E-state index in [1.807, 2.05) is 6.92 Å². The molecule has 0 aromatic rings. The van der Waals surface area contributed by atoms with Gasteiger partial charge in [0.15, 0.2) is 0 Å². The molecule has 142 valence electrons. The van der Waals surface area contributed by atoms with Gasteiger partial charge in [0.05, 0.1) is 5.41 Å². The van der Waals surface area contributed by atoms with Crippen LogP contribution in [0.1, 0.15) is 72.6 Å². The van der Waals surface area contributed by atoms with Crippen molar-refractivity contribution in [3.05, 3.63) is 23.8 Å². The van der Waals surface area contributed by atoms with Crippen LogP contribution in [0.15, 0.2) is 23.8 Å². The fraction of sp³-hybridized carbons (Fsp3) is 0.714. The summed E-state index contributed by atoms with van der Waals surface area (Å²) < 4.78 is 0. The van der Waals surface area contributed by atoms with Crippen molar-refractivity contribution in [1.29, 1.82) is 0 Å². The van der Waals surface area contributed by atoms with Gasteiger partial charge >= 0.3 is 11.9 Å². The molecule has 0 heterocycles. The zero-order chi connectivity index (χ0) is 19.0. The molecule has 0 fully saturated rings. The molecule has 0 radical (unpaired) electrons. The second-order valence-corrected chi connectivity index (χ2v) is 7.59. The van der Waals surface area contributed by atoms with Crippen molar-refractivity contribution in [2.75, 3.05) is 0 Å². The Labute approximate surface area is 152 Å². The maximum atomic E-state index is 12.3. The number of hydrogen-bond donors (Lipinski definition) is 2. The molecule has 1 aliphatic rings. The predicted octanol–water partition coefficient (Wildman–Crippen LogP) is 5.30. The first kappa shape index (κ1) is 21.5. The van der Waals surface area contributed by atoms with Gasteiger partial charge in [-0.15, -0.1) is 0 Å². The first-order chi connectivity index (χ1) is 11.8. The average molecular weight is 350 g/mol. The van der Waals surface area contributed by atoms with Crippen LogP contribution in [0.5, 0.6) is 0 Å². The average Bonchev–Trinajstić information content (AvgIpc) is 2.55. The summed E-state index contributed by atoms with van der Waals surface area (Å²) in [6.07, 6.45) is 11.5. The van der Waals surface area contributed by atoms with Crippen molar-refractivity contribution < 1.29 is 19.8 Å². The molecule has 0 aliphatic heterocycles. The number of aliphatic carboxylic acids is 2. The number of carboxylic acids is 2. The number of carbonyl (C=O) groups is 2. The lowest BCUT2D eigenvalue weighted by Crippen LogP contribution is -2.45. The van der Waals surface area contributed by atoms with Crippen LogP contribution >= 0.6 is 0 Å². The van der Waals surface area contributed by atoms with Crippen LogP contribution in [0.3, 0.4) is 0 Å². The Hall–Kier alpha value is -1.58. The van der Waals surface area contributed by atoms with E-state index in [-0.39, 0.29) is 17.4 Å². The van der Waals surface area contributed by atoms with Crippen LogP contribution in [-0.2, 0) is 9.59 Å². The van der Waals surface area contributed by atoms with E-state index in [4.69, 9.17) is 0 Å². The smallest absolute Gasteiger partial charge is 0.331 e. The van der Waals surface area contributed by atoms with Crippen LogP contribution in [0.25, 0.3) is 0 Å². The number of hydrogen-bond acceptors (Lipinski definition) is 2. The van der Waals surface area contributed by atoms with E-state index < -0.39 is 23.3 Å². The van der Waals surface area contributed by atoms with Gasteiger partial charge in [0.2, 0.25) is 0 Å². The molecule has 0 aromatic heterocycles. The van der Waals surface area contributed by atoms with E-state index in [9.17, 15) is 19.8 Å². The topological polar surface area (TPSA) is 74.6 Å². The Morgan fingerprint density at radius 1 is 1.12 bits per heavy atom. The summed E-state index contributed by atoms with van der Waals surface area (Å²) in [6.45, 7) is 8.28. The summed E-state index contributed by atoms with van der Waals surface area (Å²) in [5.74, 6) is -2.12. The molecule has 0 spiro atoms. The van der Waals surface area contributed by atoms with Gasteiger partial charge in [-0.1, -0.05) is 84.4 Å². The molecule has 4 heteroatoms. The molecule has 0 saturated carbocycles. The highest BCUT2D eigenvalue weighted by Gasteiger charge is 2.51. The highest BCUT2D eigenvalue weighted by molar-refractivity contribution is 5.91. The van der Waals surface area contributed by atoms with Crippen molar-refractivity contribution in [1.82, 2.24) is 0 Å². The van der Waals surface area contributed by atoms with Crippen LogP contribution in [-0.4, -0.2) is 22.2 Å². The first-order valence-corrected chi connectivity index (χ1v) is 9.67. The minimum absolute atomic E-state index is 0.0269. The molecule has 1 aliphatic carbocycles. The van der Waals surface area contributed by atoms with Crippen LogP contribution < -0.4 is 0 Å². The summed E-state index contributed by atoms with van der Waals surface area (Å²) in [5.41, 5.74) is -0.862. The normalized spacial score (nSPS) is 24.2. The Morgan fingerprint density at radius 2 is 1.76 bits per heavy atom. The van der Waals surface area contributed by atoms with Gasteiger partial charge in [0.25, 0.3) is 0 Å². The van der Waals surface area contributed by atoms with Crippen molar-refractivity contribution in [3.63, 3.8) is 0 Å². The monoisotopic (exact) mass is 350 g/mol. The number of allylic oxidation sites excluding steroid dienone is 2. The highest BCUT2D eigenvalue weighted by atomic mass is 16.4. The SMILES string of the molecule is CCCCCCCC1(C(=O)O)C=CC=C(C(=O)O)C1C(CC)C(C)C. The molecule has 25 heavy (non-hydrogen) atoms. The fourth-order valence-electron chi connectivity index (χ4n) is 4.29. The van der Waals surface area contributed by atoms with Gasteiger partial charge in [0.1, 0.15) is 0 Å². The lowest BCUT2D eigenvalue weighted by molar-refractivity contribution is -0.151. The van der Waals surface area contributed by atoms with Crippen molar-refractivity contribution in [3.8, 4) is 0 Å². The summed E-state index contributed by atoms with van der Waals surface area (Å²) in [7, 11) is 0. The summed E-state index contributed by atoms with van der Waals surface area (Å²) in [5, 5.41) is 19.8. The quantitative estimate of drug-likeness (QED) is 0.496. The van der Waals surface area contributed by atoms with E-state index in [1.54, 1.807) is 18.2 Å². The summed E-state index contributed by atoms with van der Waals surface area (Å²) in [4.78, 5) is 24.2. The van der Waals surface area contributed by atoms with E-state index in [2.05, 4.69) is 20.8 Å². The second kappa shape index (κ2) is 9.79. The highest BCUT2D eigenvalue weighted by Crippen LogP contribution is 2.49. The summed E-state index contributed by atoms with van der Waals surface area (Å²) in [6, 6.07) is 0. The summed E-state index contributed by atoms with van der Waals surface area (Å²) >= 11 is 0. The molecule has 0 saturated heterocycles. The third-order valence-corrected chi connectivity index (χ3v) is 5.65. The van der Waals surface area contributed by atoms with Crippen LogP contribution in [0.4, 0.5) is 0 Å². The van der Waals surface area contributed by atoms with Crippen LogP contribution in [0, 0.1) is 23.2 Å². The largest absolute Gasteiger partial charge is 0.481 e. The van der Waals surface area contributed by atoms with Gasteiger partial charge < -0.3 is 10.2 Å². The van der Waals surface area contributed by atoms with Crippen molar-refractivity contribution in [2.45, 2.75) is 72.6 Å². The van der Waals surface area contributed by atoms with Gasteiger partial charge in [-0.25, -0.2) is 4.79 Å². The van der Waals surface area contributed by atoms with E-state index in [1.165, 1.54) is 0 Å². The minimum atomic E-state index is -1.11. The molecule has 0 aromatic carbocycles. The maximum absolute atomic E-state index is 12.3. The van der Waals surface area contributed by atoms with Crippen LogP contribution in [0.2, 0.25) is 0 Å². The molecular weight excluding hydrogens is 316 g/mol. The lowest BCUT2D eigenvalue weighted by Gasteiger charge is -2.43. The molecule has 4 nitrogen and oxygen atoms in total. The van der Waals surface area contributed by atoms with E-state index >= 15 is 0 Å². The van der Waals surface area contributed by atoms with E-state index in [0.717, 1.165) is 38.5 Å². The van der Waals surface area contributed by atoms with Gasteiger partial charge in [-0.05, 0) is 18.3 Å². The molecule has 2 N–H and O–H groups in total. The Morgan fingerprint density at radius 3 is 2.24 bits per heavy atom. The zero-order valence-corrected chi connectivity index (χ0v) is 16.1. The van der Waals surface area contributed by atoms with Gasteiger partial charge in [-0.3, -0.25) is 4.79 Å². The zero-order valence-electron chi connectivity index (χ0n) is 16.1. The Kier molecular flexibility index (Phi) is 8.40. The third-order valence-electron chi connectivity index (χ3n) is 5.65. The standard InChI is InChI=1S/C21H34O4/c1-5-7-8-9-10-13-21(20(24)25)14-11-12-17(19(22)23)18(21)16(6-2)15(3)4/h11-12,14-16,18H,5-10,13H2,1-4H3,(H,22,23)(H,24,25). The lowest BCUT2D eigenvalue weighted by atomic mass is 9.59. The van der Waals surface area contributed by atoms with Crippen molar-refractivity contribution >= 4 is 11.9 Å². The first-order valence-electron chi connectivity index (χ1n) is 9.67. The third kappa shape index (κ3) is 4.96. The van der Waals surface area contributed by atoms with Gasteiger partial charge in [0, 0.05) is 11.5 Å². The van der Waals surface area contributed by atoms with Crippen molar-refractivity contribution in [2.24, 2.45) is 23.2 Å². The second-order valence-electron chi connectivity index (χ2n) is 7.59. The molecule has 3 unspecified atom stereocenters. The predicted molar refractivity (Wildman–Crippen MR) is 100 cm³/mol. The number of unbranched alkanes of at least 4 members (excludes halogenated alkanes) is 4. The molecule has 1 rings (SSSR count). The molecule has 3 atom stereocenters. The number of carboxylic acid groups (broad SMARTS) is 2. The van der Waals surface area contributed by atoms with Gasteiger partial charge in [-0.2, -0.15) is 0 Å². The molecular formula is C21H34O4. The number of rotatable bonds is 11. The molecule has 0 bridgehead atoms. The maximum Gasteiger partial charge on any atom is 0.331 e. The van der Waals surface area contributed by atoms with E-state index in [0.29, 0.717) is 6.42 Å². The fourth-order valence-corrected chi connectivity index (χ4v) is 4.29. The Balaban J connectivity index is 3.21. The molecule has 0 amide bonds. The minimum Gasteiger partial charge on any atom is -0.481 e. The Bertz CT molecular complexity index is 518.